The molecule has 0 saturated carbocycles. The van der Waals surface area contributed by atoms with Gasteiger partial charge in [0.05, 0.1) is 10.8 Å². The fourth-order valence-corrected chi connectivity index (χ4v) is 0.839. The Morgan fingerprint density at radius 3 is 2.08 bits per heavy atom. The number of rotatable bonds is 2. The summed E-state index contributed by atoms with van der Waals surface area (Å²) in [4.78, 5) is 4.08. The quantitative estimate of drug-likeness (QED) is 0.794. The molecular formula is C6H10Cl3N3. The van der Waals surface area contributed by atoms with Crippen LogP contribution in [0.25, 0.3) is 0 Å². The Balaban J connectivity index is 0.00000121. The lowest BCUT2D eigenvalue weighted by atomic mass is 10.4. The third-order valence-electron chi connectivity index (χ3n) is 1.25. The van der Waals surface area contributed by atoms with Crippen molar-refractivity contribution in [1.82, 2.24) is 15.2 Å². The molecular weight excluding hydrogens is 220 g/mol. The monoisotopic (exact) mass is 229 g/mol. The maximum absolute atomic E-state index is 5.74. The molecule has 1 aromatic rings. The molecule has 3 nitrogen and oxygen atoms in total. The molecule has 0 amide bonds. The van der Waals surface area contributed by atoms with Gasteiger partial charge in [0.25, 0.3) is 0 Å². The second-order valence-electron chi connectivity index (χ2n) is 2.31. The van der Waals surface area contributed by atoms with Gasteiger partial charge in [-0.1, -0.05) is 0 Å². The average Bonchev–Trinajstić information content (AvgIpc) is 2.33. The third kappa shape index (κ3) is 2.81. The van der Waals surface area contributed by atoms with Gasteiger partial charge in [-0.2, -0.15) is 5.10 Å². The molecule has 0 bridgehead atoms. The molecule has 0 aliphatic heterocycles. The van der Waals surface area contributed by atoms with E-state index in [0.29, 0.717) is 11.6 Å². The molecule has 0 radical (unpaired) electrons. The van der Waals surface area contributed by atoms with Gasteiger partial charge in [-0.05, 0) is 13.8 Å². The van der Waals surface area contributed by atoms with Crippen LogP contribution in [0.2, 0.25) is 0 Å². The van der Waals surface area contributed by atoms with E-state index in [1.165, 1.54) is 0 Å². The van der Waals surface area contributed by atoms with Gasteiger partial charge < -0.3 is 0 Å². The highest BCUT2D eigenvalue weighted by atomic mass is 35.5. The standard InChI is InChI=1S/C6H9Cl2N3.ClH/c1-3(7)5-9-6(4(2)8)11-10-5;/h3-4H,1-2H3,(H,9,10,11);1H/t3-,4-;/m0./s1. The number of nitrogens with one attached hydrogen (secondary N) is 1. The van der Waals surface area contributed by atoms with Crippen molar-refractivity contribution >= 4 is 35.6 Å². The summed E-state index contributed by atoms with van der Waals surface area (Å²) in [6.07, 6.45) is 0. The molecule has 2 atom stereocenters. The molecule has 1 aromatic heterocycles. The van der Waals surface area contributed by atoms with Gasteiger partial charge in [-0.25, -0.2) is 4.98 Å². The first-order valence-corrected chi connectivity index (χ1v) is 4.19. The lowest BCUT2D eigenvalue weighted by molar-refractivity contribution is 0.912. The van der Waals surface area contributed by atoms with E-state index in [9.17, 15) is 0 Å². The van der Waals surface area contributed by atoms with E-state index in [4.69, 9.17) is 23.2 Å². The van der Waals surface area contributed by atoms with Crippen molar-refractivity contribution in [2.24, 2.45) is 0 Å². The zero-order valence-corrected chi connectivity index (χ0v) is 9.04. The van der Waals surface area contributed by atoms with E-state index in [0.717, 1.165) is 0 Å². The van der Waals surface area contributed by atoms with Crippen molar-refractivity contribution in [3.05, 3.63) is 11.6 Å². The lowest BCUT2D eigenvalue weighted by Gasteiger charge is -1.94. The average molecular weight is 231 g/mol. The number of aromatic amines is 1. The number of hydrogen-bond acceptors (Lipinski definition) is 2. The Bertz CT molecular complexity index is 211. The van der Waals surface area contributed by atoms with Crippen LogP contribution in [0.3, 0.4) is 0 Å². The first-order valence-electron chi connectivity index (χ1n) is 3.31. The lowest BCUT2D eigenvalue weighted by Crippen LogP contribution is -1.89. The van der Waals surface area contributed by atoms with E-state index in [-0.39, 0.29) is 23.2 Å². The topological polar surface area (TPSA) is 41.6 Å². The highest BCUT2D eigenvalue weighted by Gasteiger charge is 2.10. The Morgan fingerprint density at radius 1 is 1.25 bits per heavy atom. The predicted octanol–water partition coefficient (Wildman–Crippen LogP) is 2.83. The fourth-order valence-electron chi connectivity index (χ4n) is 0.644. The molecule has 0 spiro atoms. The van der Waals surface area contributed by atoms with Crippen LogP contribution in [0.1, 0.15) is 36.3 Å². The number of nitrogens with zero attached hydrogens (tertiary/aromatic N) is 2. The smallest absolute Gasteiger partial charge is 0.168 e. The van der Waals surface area contributed by atoms with Gasteiger partial charge in [0.15, 0.2) is 5.82 Å². The highest BCUT2D eigenvalue weighted by Crippen LogP contribution is 2.19. The van der Waals surface area contributed by atoms with Crippen LogP contribution < -0.4 is 0 Å². The molecule has 0 aliphatic carbocycles. The van der Waals surface area contributed by atoms with E-state index >= 15 is 0 Å². The van der Waals surface area contributed by atoms with Crippen LogP contribution >= 0.6 is 35.6 Å². The molecule has 0 aromatic carbocycles. The maximum atomic E-state index is 5.74. The second-order valence-corrected chi connectivity index (χ2v) is 3.62. The number of H-pyrrole nitrogens is 1. The number of hydrogen-bond donors (Lipinski definition) is 1. The summed E-state index contributed by atoms with van der Waals surface area (Å²) in [7, 11) is 0. The van der Waals surface area contributed by atoms with Gasteiger partial charge in [-0.3, -0.25) is 5.10 Å². The van der Waals surface area contributed by atoms with Gasteiger partial charge in [-0.15, -0.1) is 35.6 Å². The molecule has 1 heterocycles. The zero-order chi connectivity index (χ0) is 8.43. The Morgan fingerprint density at radius 2 is 1.83 bits per heavy atom. The van der Waals surface area contributed by atoms with Crippen molar-refractivity contribution in [3.63, 3.8) is 0 Å². The van der Waals surface area contributed by atoms with Gasteiger partial charge >= 0.3 is 0 Å². The van der Waals surface area contributed by atoms with E-state index in [2.05, 4.69) is 15.2 Å². The van der Waals surface area contributed by atoms with Crippen LogP contribution in [0.4, 0.5) is 0 Å². The first kappa shape index (κ1) is 12.0. The molecule has 0 fully saturated rings. The summed E-state index contributed by atoms with van der Waals surface area (Å²) in [5.41, 5.74) is 0. The summed E-state index contributed by atoms with van der Waals surface area (Å²) in [6.45, 7) is 3.64. The predicted molar refractivity (Wildman–Crippen MR) is 52.2 cm³/mol. The summed E-state index contributed by atoms with van der Waals surface area (Å²) in [5.74, 6) is 1.25. The highest BCUT2D eigenvalue weighted by molar-refractivity contribution is 6.20. The fraction of sp³-hybridized carbons (Fsp3) is 0.667. The summed E-state index contributed by atoms with van der Waals surface area (Å²) in [6, 6.07) is 0. The van der Waals surface area contributed by atoms with E-state index < -0.39 is 0 Å². The summed E-state index contributed by atoms with van der Waals surface area (Å²) >= 11 is 11.5. The Hall–Kier alpha value is 0.01000. The third-order valence-corrected chi connectivity index (χ3v) is 1.65. The van der Waals surface area contributed by atoms with Gasteiger partial charge in [0, 0.05) is 0 Å². The maximum Gasteiger partial charge on any atom is 0.168 e. The molecule has 12 heavy (non-hydrogen) atoms. The van der Waals surface area contributed by atoms with Crippen LogP contribution in [-0.2, 0) is 0 Å². The van der Waals surface area contributed by atoms with Gasteiger partial charge in [0.2, 0.25) is 0 Å². The molecule has 1 N–H and O–H groups in total. The number of halogens is 3. The number of aromatic nitrogens is 3. The van der Waals surface area contributed by atoms with E-state index in [1.54, 1.807) is 0 Å². The minimum Gasteiger partial charge on any atom is -0.262 e. The summed E-state index contributed by atoms with van der Waals surface area (Å²) in [5, 5.41) is 6.28. The van der Waals surface area contributed by atoms with Gasteiger partial charge in [0.1, 0.15) is 5.82 Å². The molecule has 0 unspecified atom stereocenters. The molecule has 1 rings (SSSR count). The van der Waals surface area contributed by atoms with Crippen molar-refractivity contribution in [3.8, 4) is 0 Å². The van der Waals surface area contributed by atoms with Crippen LogP contribution in [0, 0.1) is 0 Å². The normalized spacial score (nSPS) is 15.0. The van der Waals surface area contributed by atoms with Crippen LogP contribution in [-0.4, -0.2) is 15.2 Å². The van der Waals surface area contributed by atoms with Crippen molar-refractivity contribution in [1.29, 1.82) is 0 Å². The molecule has 70 valence electrons. The minimum absolute atomic E-state index is 0. The molecule has 0 aliphatic rings. The SMILES string of the molecule is C[C@H](Cl)c1n[nH]c([C@H](C)Cl)n1.Cl. The van der Waals surface area contributed by atoms with E-state index in [1.807, 2.05) is 13.8 Å². The molecule has 6 heteroatoms. The second kappa shape index (κ2) is 4.90. The first-order chi connectivity index (χ1) is 5.11. The van der Waals surface area contributed by atoms with Crippen molar-refractivity contribution in [2.75, 3.05) is 0 Å². The van der Waals surface area contributed by atoms with Crippen molar-refractivity contribution < 1.29 is 0 Å². The van der Waals surface area contributed by atoms with Crippen molar-refractivity contribution in [2.45, 2.75) is 24.6 Å². The largest absolute Gasteiger partial charge is 0.262 e. The zero-order valence-electron chi connectivity index (χ0n) is 6.71. The summed E-state index contributed by atoms with van der Waals surface area (Å²) < 4.78 is 0. The van der Waals surface area contributed by atoms with Crippen LogP contribution in [0.5, 0.6) is 0 Å². The Kier molecular flexibility index (Phi) is 4.90. The molecule has 0 saturated heterocycles. The number of alkyl halides is 2. The Labute approximate surface area is 87.3 Å². The van der Waals surface area contributed by atoms with Crippen LogP contribution in [0.15, 0.2) is 0 Å². The minimum atomic E-state index is -0.171.